The van der Waals surface area contributed by atoms with E-state index in [9.17, 15) is 9.59 Å². The Morgan fingerprint density at radius 3 is 2.67 bits per heavy atom. The zero-order valence-electron chi connectivity index (χ0n) is 9.30. The first-order chi connectivity index (χ1) is 8.40. The molecule has 1 aromatic rings. The first-order valence-corrected chi connectivity index (χ1v) is 6.51. The summed E-state index contributed by atoms with van der Waals surface area (Å²) < 4.78 is 0. The molecular formula is C12H10Cl3NO2. The number of rotatable bonds is 2. The van der Waals surface area contributed by atoms with E-state index in [1.54, 1.807) is 18.2 Å². The van der Waals surface area contributed by atoms with E-state index in [0.29, 0.717) is 22.0 Å². The molecule has 1 aliphatic rings. The number of amides is 2. The number of hydrogen-bond acceptors (Lipinski definition) is 2. The molecule has 1 N–H and O–H groups in total. The van der Waals surface area contributed by atoms with Gasteiger partial charge in [0.2, 0.25) is 11.8 Å². The van der Waals surface area contributed by atoms with Gasteiger partial charge in [-0.2, -0.15) is 0 Å². The number of alkyl halides is 1. The van der Waals surface area contributed by atoms with Crippen molar-refractivity contribution in [3.05, 3.63) is 33.8 Å². The molecule has 1 fully saturated rings. The highest BCUT2D eigenvalue weighted by Crippen LogP contribution is 2.33. The molecule has 6 heteroatoms. The van der Waals surface area contributed by atoms with Crippen LogP contribution in [0.2, 0.25) is 10.0 Å². The van der Waals surface area contributed by atoms with Crippen LogP contribution >= 0.6 is 34.8 Å². The number of carbonyl (C=O) groups excluding carboxylic acids is 2. The average molecular weight is 307 g/mol. The molecule has 1 aromatic carbocycles. The van der Waals surface area contributed by atoms with Crippen LogP contribution in [0.15, 0.2) is 18.2 Å². The zero-order valence-corrected chi connectivity index (χ0v) is 11.6. The maximum absolute atomic E-state index is 11.8. The van der Waals surface area contributed by atoms with Crippen LogP contribution in [-0.4, -0.2) is 16.7 Å². The van der Waals surface area contributed by atoms with E-state index in [1.165, 1.54) is 0 Å². The fourth-order valence-corrected chi connectivity index (χ4v) is 2.54. The summed E-state index contributed by atoms with van der Waals surface area (Å²) in [7, 11) is 0. The monoisotopic (exact) mass is 305 g/mol. The van der Waals surface area contributed by atoms with Crippen LogP contribution in [0, 0.1) is 0 Å². The van der Waals surface area contributed by atoms with Gasteiger partial charge in [-0.1, -0.05) is 23.2 Å². The van der Waals surface area contributed by atoms with Crippen LogP contribution in [0.4, 0.5) is 0 Å². The van der Waals surface area contributed by atoms with Crippen molar-refractivity contribution in [3.8, 4) is 0 Å². The van der Waals surface area contributed by atoms with Crippen molar-refractivity contribution in [2.24, 2.45) is 0 Å². The first-order valence-electron chi connectivity index (χ1n) is 5.38. The third kappa shape index (κ3) is 2.79. The minimum atomic E-state index is -1.14. The first kappa shape index (κ1) is 13.7. The highest BCUT2D eigenvalue weighted by molar-refractivity contribution is 6.37. The van der Waals surface area contributed by atoms with Crippen molar-refractivity contribution in [2.75, 3.05) is 0 Å². The lowest BCUT2D eigenvalue weighted by Crippen LogP contribution is -2.51. The minimum Gasteiger partial charge on any atom is -0.295 e. The molecule has 1 atom stereocenters. The maximum Gasteiger partial charge on any atom is 0.248 e. The third-order valence-corrected chi connectivity index (χ3v) is 3.98. The van der Waals surface area contributed by atoms with Gasteiger partial charge in [0.15, 0.2) is 0 Å². The van der Waals surface area contributed by atoms with Gasteiger partial charge in [-0.3, -0.25) is 14.9 Å². The van der Waals surface area contributed by atoms with Crippen LogP contribution in [-0.2, 0) is 16.0 Å². The van der Waals surface area contributed by atoms with Gasteiger partial charge in [-0.15, -0.1) is 11.6 Å². The fourth-order valence-electron chi connectivity index (χ4n) is 1.88. The number of benzene rings is 1. The van der Waals surface area contributed by atoms with Crippen molar-refractivity contribution in [2.45, 2.75) is 24.1 Å². The van der Waals surface area contributed by atoms with E-state index >= 15 is 0 Å². The number of hydrogen-bond donors (Lipinski definition) is 1. The number of imide groups is 1. The predicted molar refractivity (Wildman–Crippen MR) is 71.1 cm³/mol. The van der Waals surface area contributed by atoms with Crippen LogP contribution in [0.25, 0.3) is 0 Å². The molecule has 2 rings (SSSR count). The van der Waals surface area contributed by atoms with Crippen molar-refractivity contribution < 1.29 is 9.59 Å². The van der Waals surface area contributed by atoms with Crippen LogP contribution in [0.3, 0.4) is 0 Å². The zero-order chi connectivity index (χ0) is 13.3. The normalized spacial score (nSPS) is 23.9. The van der Waals surface area contributed by atoms with Crippen LogP contribution in [0.1, 0.15) is 18.4 Å². The summed E-state index contributed by atoms with van der Waals surface area (Å²) in [4.78, 5) is 21.7. The van der Waals surface area contributed by atoms with E-state index < -0.39 is 10.8 Å². The summed E-state index contributed by atoms with van der Waals surface area (Å²) in [5, 5.41) is 3.27. The molecule has 1 saturated heterocycles. The molecule has 0 bridgehead atoms. The smallest absolute Gasteiger partial charge is 0.248 e. The Labute approximate surface area is 119 Å². The molecular weight excluding hydrogens is 296 g/mol. The third-order valence-electron chi connectivity index (χ3n) is 2.89. The predicted octanol–water partition coefficient (Wildman–Crippen LogP) is 2.95. The minimum absolute atomic E-state index is 0.230. The average Bonchev–Trinajstić information content (AvgIpc) is 2.30. The second kappa shape index (κ2) is 5.08. The van der Waals surface area contributed by atoms with E-state index in [-0.39, 0.29) is 18.7 Å². The van der Waals surface area contributed by atoms with Crippen LogP contribution in [0.5, 0.6) is 0 Å². The molecule has 0 radical (unpaired) electrons. The Morgan fingerprint density at radius 2 is 2.00 bits per heavy atom. The molecule has 3 nitrogen and oxygen atoms in total. The number of halogens is 3. The van der Waals surface area contributed by atoms with E-state index in [0.717, 1.165) is 0 Å². The summed E-state index contributed by atoms with van der Waals surface area (Å²) >= 11 is 18.2. The number of carbonyl (C=O) groups is 2. The Kier molecular flexibility index (Phi) is 3.85. The highest BCUT2D eigenvalue weighted by atomic mass is 35.5. The van der Waals surface area contributed by atoms with Crippen molar-refractivity contribution in [1.29, 1.82) is 0 Å². The standard InChI is InChI=1S/C12H10Cl3NO2/c13-8-1-2-9(14)7(5-8)6-12(15)4-3-10(17)16-11(12)18/h1-2,5H,3-4,6H2,(H,16,17,18). The largest absolute Gasteiger partial charge is 0.295 e. The topological polar surface area (TPSA) is 46.2 Å². The molecule has 2 amide bonds. The number of nitrogens with one attached hydrogen (secondary N) is 1. The van der Waals surface area contributed by atoms with E-state index in [4.69, 9.17) is 34.8 Å². The van der Waals surface area contributed by atoms with Crippen LogP contribution < -0.4 is 5.32 Å². The van der Waals surface area contributed by atoms with E-state index in [2.05, 4.69) is 5.32 Å². The molecule has 1 aliphatic heterocycles. The lowest BCUT2D eigenvalue weighted by Gasteiger charge is -2.29. The van der Waals surface area contributed by atoms with Gasteiger partial charge >= 0.3 is 0 Å². The maximum atomic E-state index is 11.8. The Bertz CT molecular complexity index is 518. The lowest BCUT2D eigenvalue weighted by atomic mass is 9.90. The molecule has 1 heterocycles. The fraction of sp³-hybridized carbons (Fsp3) is 0.333. The Balaban J connectivity index is 2.24. The summed E-state index contributed by atoms with van der Waals surface area (Å²) in [6.07, 6.45) is 0.766. The van der Waals surface area contributed by atoms with Crippen molar-refractivity contribution in [3.63, 3.8) is 0 Å². The highest BCUT2D eigenvalue weighted by Gasteiger charge is 2.41. The summed E-state index contributed by atoms with van der Waals surface area (Å²) in [5.74, 6) is -0.773. The van der Waals surface area contributed by atoms with Gasteiger partial charge in [-0.05, 0) is 30.2 Å². The van der Waals surface area contributed by atoms with Gasteiger partial charge in [0, 0.05) is 22.9 Å². The molecule has 0 aliphatic carbocycles. The van der Waals surface area contributed by atoms with E-state index in [1.807, 2.05) is 0 Å². The van der Waals surface area contributed by atoms with Gasteiger partial charge in [0.25, 0.3) is 0 Å². The molecule has 0 saturated carbocycles. The van der Waals surface area contributed by atoms with Gasteiger partial charge < -0.3 is 0 Å². The molecule has 1 unspecified atom stereocenters. The van der Waals surface area contributed by atoms with Crippen molar-refractivity contribution >= 4 is 46.6 Å². The van der Waals surface area contributed by atoms with Crippen molar-refractivity contribution in [1.82, 2.24) is 5.32 Å². The van der Waals surface area contributed by atoms with Gasteiger partial charge in [0.1, 0.15) is 4.87 Å². The quantitative estimate of drug-likeness (QED) is 0.674. The Morgan fingerprint density at radius 1 is 1.28 bits per heavy atom. The number of piperidine rings is 1. The summed E-state index contributed by atoms with van der Waals surface area (Å²) in [5.41, 5.74) is 0.698. The lowest BCUT2D eigenvalue weighted by molar-refractivity contribution is -0.135. The van der Waals surface area contributed by atoms with Gasteiger partial charge in [0.05, 0.1) is 0 Å². The Hall–Kier alpha value is -0.770. The molecule has 0 spiro atoms. The summed E-state index contributed by atoms with van der Waals surface area (Å²) in [6, 6.07) is 5.00. The molecule has 0 aromatic heterocycles. The molecule has 18 heavy (non-hydrogen) atoms. The second-order valence-corrected chi connectivity index (χ2v) is 5.82. The summed E-state index contributed by atoms with van der Waals surface area (Å²) in [6.45, 7) is 0. The molecule has 96 valence electrons. The van der Waals surface area contributed by atoms with Gasteiger partial charge in [-0.25, -0.2) is 0 Å². The SMILES string of the molecule is O=C1CCC(Cl)(Cc2cc(Cl)ccc2Cl)C(=O)N1. The second-order valence-electron chi connectivity index (χ2n) is 4.26.